The number of anilines is 1. The topological polar surface area (TPSA) is 144 Å². The third kappa shape index (κ3) is 10.3. The highest BCUT2D eigenvalue weighted by Crippen LogP contribution is 2.34. The summed E-state index contributed by atoms with van der Waals surface area (Å²) in [6.45, 7) is 5.78. The van der Waals surface area contributed by atoms with Crippen LogP contribution in [-0.4, -0.2) is 61.8 Å². The Morgan fingerprint density at radius 2 is 1.57 bits per heavy atom. The molecule has 0 radical (unpaired) electrons. The molecule has 1 unspecified atom stereocenters. The Kier molecular flexibility index (Phi) is 11.6. The largest absolute Gasteiger partial charge is 0.489 e. The molecule has 1 aliphatic rings. The van der Waals surface area contributed by atoms with E-state index in [1.54, 1.807) is 45.0 Å². The number of hydrogen-bond donors (Lipinski definition) is 4. The predicted molar refractivity (Wildman–Crippen MR) is 173 cm³/mol. The van der Waals surface area contributed by atoms with Crippen LogP contribution in [0.4, 0.5) is 10.5 Å². The highest BCUT2D eigenvalue weighted by Gasteiger charge is 2.31. The molecule has 0 aliphatic carbocycles. The molecule has 1 aliphatic heterocycles. The molecule has 11 nitrogen and oxygen atoms in total. The molecule has 4 rings (SSSR count). The molecule has 3 aromatic carbocycles. The first kappa shape index (κ1) is 33.8. The summed E-state index contributed by atoms with van der Waals surface area (Å²) in [7, 11) is 1.26. The van der Waals surface area contributed by atoms with Crippen LogP contribution in [0.3, 0.4) is 0 Å². The van der Waals surface area contributed by atoms with Crippen molar-refractivity contribution in [2.75, 3.05) is 25.5 Å². The maximum absolute atomic E-state index is 13.3. The summed E-state index contributed by atoms with van der Waals surface area (Å²) < 4.78 is 16.2. The van der Waals surface area contributed by atoms with Crippen LogP contribution in [0.2, 0.25) is 0 Å². The van der Waals surface area contributed by atoms with Crippen LogP contribution in [0.25, 0.3) is 0 Å². The first-order valence-electron chi connectivity index (χ1n) is 15.2. The lowest BCUT2D eigenvalue weighted by Crippen LogP contribution is -2.52. The van der Waals surface area contributed by atoms with Gasteiger partial charge in [0.15, 0.2) is 0 Å². The van der Waals surface area contributed by atoms with Crippen molar-refractivity contribution < 1.29 is 33.4 Å². The van der Waals surface area contributed by atoms with Crippen molar-refractivity contribution in [1.29, 1.82) is 0 Å². The van der Waals surface area contributed by atoms with E-state index in [4.69, 9.17) is 14.2 Å². The van der Waals surface area contributed by atoms with E-state index in [1.807, 2.05) is 54.6 Å². The zero-order chi connectivity index (χ0) is 33.1. The zero-order valence-electron chi connectivity index (χ0n) is 26.6. The van der Waals surface area contributed by atoms with Gasteiger partial charge >= 0.3 is 12.1 Å². The first-order valence-corrected chi connectivity index (χ1v) is 15.2. The third-order valence-electron chi connectivity index (χ3n) is 7.32. The highest BCUT2D eigenvalue weighted by atomic mass is 16.6. The Hall–Kier alpha value is -5.06. The van der Waals surface area contributed by atoms with Gasteiger partial charge in [0, 0.05) is 24.6 Å². The van der Waals surface area contributed by atoms with Crippen molar-refractivity contribution >= 4 is 29.6 Å². The molecule has 244 valence electrons. The number of rotatable bonds is 13. The molecule has 0 spiro atoms. The van der Waals surface area contributed by atoms with Gasteiger partial charge in [-0.2, -0.15) is 0 Å². The second kappa shape index (κ2) is 15.8. The number of para-hydroxylation sites is 1. The Bertz CT molecular complexity index is 1490. The van der Waals surface area contributed by atoms with E-state index in [-0.39, 0.29) is 12.3 Å². The van der Waals surface area contributed by atoms with Crippen LogP contribution in [-0.2, 0) is 36.9 Å². The summed E-state index contributed by atoms with van der Waals surface area (Å²) in [4.78, 5) is 51.4. The molecule has 1 heterocycles. The molecule has 0 saturated carbocycles. The van der Waals surface area contributed by atoms with Crippen molar-refractivity contribution in [1.82, 2.24) is 16.0 Å². The number of amides is 3. The molecular formula is C35H42N4O7. The number of hydrogen-bond acceptors (Lipinski definition) is 8. The molecule has 0 saturated heterocycles. The monoisotopic (exact) mass is 630 g/mol. The summed E-state index contributed by atoms with van der Waals surface area (Å²) in [5.74, 6) is -1.09. The SMILES string of the molecule is COC(=O)[C@H](CC1CNc2ccccc21)NC(=O)CNC(=O)[C@H](Cc1ccc(OCc2ccccc2)cc1)NC(=O)OC(C)(C)C. The molecule has 0 bridgehead atoms. The molecule has 3 amide bonds. The van der Waals surface area contributed by atoms with Crippen LogP contribution in [0.1, 0.15) is 49.8 Å². The third-order valence-corrected chi connectivity index (χ3v) is 7.32. The molecule has 4 N–H and O–H groups in total. The molecule has 11 heteroatoms. The lowest BCUT2D eigenvalue weighted by molar-refractivity contribution is -0.145. The quantitative estimate of drug-likeness (QED) is 0.207. The number of esters is 1. The summed E-state index contributed by atoms with van der Waals surface area (Å²) >= 11 is 0. The average molecular weight is 631 g/mol. The van der Waals surface area contributed by atoms with Crippen LogP contribution >= 0.6 is 0 Å². The van der Waals surface area contributed by atoms with Gasteiger partial charge < -0.3 is 35.5 Å². The highest BCUT2D eigenvalue weighted by molar-refractivity contribution is 5.91. The zero-order valence-corrected chi connectivity index (χ0v) is 26.6. The lowest BCUT2D eigenvalue weighted by Gasteiger charge is -2.24. The Morgan fingerprint density at radius 3 is 2.26 bits per heavy atom. The fraction of sp³-hybridized carbons (Fsp3) is 0.371. The van der Waals surface area contributed by atoms with Gasteiger partial charge in [-0.05, 0) is 62.1 Å². The molecule has 0 aromatic heterocycles. The van der Waals surface area contributed by atoms with E-state index in [0.717, 1.165) is 22.4 Å². The number of alkyl carbamates (subject to hydrolysis) is 1. The van der Waals surface area contributed by atoms with Crippen molar-refractivity contribution in [3.05, 3.63) is 95.6 Å². The van der Waals surface area contributed by atoms with Crippen molar-refractivity contribution in [2.24, 2.45) is 0 Å². The molecule has 46 heavy (non-hydrogen) atoms. The first-order chi connectivity index (χ1) is 22.0. The maximum Gasteiger partial charge on any atom is 0.408 e. The van der Waals surface area contributed by atoms with E-state index in [1.165, 1.54) is 7.11 Å². The van der Waals surface area contributed by atoms with Crippen LogP contribution in [0.5, 0.6) is 5.75 Å². The summed E-state index contributed by atoms with van der Waals surface area (Å²) in [6.07, 6.45) is -0.314. The normalized spacial score (nSPS) is 14.9. The van der Waals surface area contributed by atoms with Gasteiger partial charge in [-0.3, -0.25) is 9.59 Å². The minimum absolute atomic E-state index is 0.00673. The van der Waals surface area contributed by atoms with Crippen LogP contribution < -0.4 is 26.0 Å². The minimum Gasteiger partial charge on any atom is -0.489 e. The summed E-state index contributed by atoms with van der Waals surface area (Å²) in [6, 6.07) is 22.8. The lowest BCUT2D eigenvalue weighted by atomic mass is 9.94. The second-order valence-electron chi connectivity index (χ2n) is 12.1. The molecule has 3 aromatic rings. The standard InChI is InChI=1S/C35H42N4O7/c1-35(2,3)46-34(43)39-29(18-23-14-16-26(17-15-23)45-22-24-10-6-5-7-11-24)32(41)37-21-31(40)38-30(33(42)44-4)19-25-20-36-28-13-9-8-12-27(25)28/h5-17,25,29-30,36H,18-22H2,1-4H3,(H,37,41)(H,38,40)(H,39,43)/t25?,29-,30-/m0/s1. The van der Waals surface area contributed by atoms with Gasteiger partial charge in [0.1, 0.15) is 30.0 Å². The van der Waals surface area contributed by atoms with Gasteiger partial charge in [-0.15, -0.1) is 0 Å². The van der Waals surface area contributed by atoms with Crippen molar-refractivity contribution in [2.45, 2.75) is 63.8 Å². The average Bonchev–Trinajstić information content (AvgIpc) is 3.44. The Balaban J connectivity index is 1.36. The van der Waals surface area contributed by atoms with Crippen LogP contribution in [0.15, 0.2) is 78.9 Å². The molecular weight excluding hydrogens is 588 g/mol. The van der Waals surface area contributed by atoms with Gasteiger partial charge in [0.2, 0.25) is 11.8 Å². The van der Waals surface area contributed by atoms with E-state index in [2.05, 4.69) is 21.3 Å². The number of ether oxygens (including phenoxy) is 3. The fourth-order valence-corrected chi connectivity index (χ4v) is 5.10. The van der Waals surface area contributed by atoms with E-state index < -0.39 is 48.1 Å². The number of carbonyl (C=O) groups excluding carboxylic acids is 4. The minimum atomic E-state index is -1.05. The number of methoxy groups -OCH3 is 1. The van der Waals surface area contributed by atoms with Gasteiger partial charge in [-0.1, -0.05) is 60.7 Å². The van der Waals surface area contributed by atoms with Gasteiger partial charge in [0.05, 0.1) is 13.7 Å². The van der Waals surface area contributed by atoms with Gasteiger partial charge in [-0.25, -0.2) is 9.59 Å². The molecule has 3 atom stereocenters. The smallest absolute Gasteiger partial charge is 0.408 e. The van der Waals surface area contributed by atoms with Gasteiger partial charge in [0.25, 0.3) is 0 Å². The van der Waals surface area contributed by atoms with E-state index in [0.29, 0.717) is 25.3 Å². The van der Waals surface area contributed by atoms with Crippen molar-refractivity contribution in [3.63, 3.8) is 0 Å². The van der Waals surface area contributed by atoms with E-state index >= 15 is 0 Å². The molecule has 0 fully saturated rings. The van der Waals surface area contributed by atoms with Crippen molar-refractivity contribution in [3.8, 4) is 5.75 Å². The van der Waals surface area contributed by atoms with Crippen LogP contribution in [0, 0.1) is 0 Å². The number of benzene rings is 3. The maximum atomic E-state index is 13.3. The Morgan fingerprint density at radius 1 is 0.870 bits per heavy atom. The Labute approximate surface area is 269 Å². The second-order valence-corrected chi connectivity index (χ2v) is 12.1. The number of nitrogens with one attached hydrogen (secondary N) is 4. The number of fused-ring (bicyclic) bond motifs is 1. The van der Waals surface area contributed by atoms with E-state index in [9.17, 15) is 19.2 Å². The number of carbonyl (C=O) groups is 4. The predicted octanol–water partition coefficient (Wildman–Crippen LogP) is 4.07. The fourth-order valence-electron chi connectivity index (χ4n) is 5.10. The summed E-state index contributed by atoms with van der Waals surface area (Å²) in [5, 5.41) is 11.2. The summed E-state index contributed by atoms with van der Waals surface area (Å²) in [5.41, 5.74) is 3.07.